The summed E-state index contributed by atoms with van der Waals surface area (Å²) in [5.41, 5.74) is 4.14. The molecular weight excluding hydrogens is 278 g/mol. The lowest BCUT2D eigenvalue weighted by Gasteiger charge is -2.25. The number of halogens is 2. The number of unbranched alkanes of at least 4 members (excludes halogenated alkanes) is 1. The summed E-state index contributed by atoms with van der Waals surface area (Å²) in [6.45, 7) is 2.15. The van der Waals surface area contributed by atoms with Gasteiger partial charge in [0.05, 0.1) is 0 Å². The summed E-state index contributed by atoms with van der Waals surface area (Å²) >= 11 is 0. The molecule has 0 aromatic heterocycles. The molecule has 1 unspecified atom stereocenters. The largest absolute Gasteiger partial charge is 0.207 e. The van der Waals surface area contributed by atoms with Crippen molar-refractivity contribution in [3.63, 3.8) is 0 Å². The van der Waals surface area contributed by atoms with E-state index in [9.17, 15) is 8.78 Å². The molecule has 0 nitrogen and oxygen atoms in total. The fraction of sp³-hybridized carbons (Fsp3) is 0.400. The molecule has 0 N–H and O–H groups in total. The van der Waals surface area contributed by atoms with Crippen molar-refractivity contribution < 1.29 is 8.78 Å². The first-order valence-corrected chi connectivity index (χ1v) is 8.23. The molecule has 2 heteroatoms. The fourth-order valence-electron chi connectivity index (χ4n) is 3.43. The van der Waals surface area contributed by atoms with Gasteiger partial charge in [-0.1, -0.05) is 31.5 Å². The van der Waals surface area contributed by atoms with Crippen molar-refractivity contribution in [2.24, 2.45) is 0 Å². The van der Waals surface area contributed by atoms with Gasteiger partial charge in [-0.05, 0) is 78.5 Å². The summed E-state index contributed by atoms with van der Waals surface area (Å²) < 4.78 is 27.7. The minimum Gasteiger partial charge on any atom is -0.207 e. The van der Waals surface area contributed by atoms with Gasteiger partial charge in [-0.15, -0.1) is 0 Å². The molecule has 2 aromatic rings. The van der Waals surface area contributed by atoms with E-state index < -0.39 is 0 Å². The quantitative estimate of drug-likeness (QED) is 0.691. The first-order valence-electron chi connectivity index (χ1n) is 8.23. The number of hydrogen-bond acceptors (Lipinski definition) is 0. The maximum absolute atomic E-state index is 14.4. The Morgan fingerprint density at radius 3 is 2.68 bits per heavy atom. The van der Waals surface area contributed by atoms with Crippen LogP contribution in [0.4, 0.5) is 8.78 Å². The fourth-order valence-corrected chi connectivity index (χ4v) is 3.43. The molecule has 116 valence electrons. The van der Waals surface area contributed by atoms with Gasteiger partial charge < -0.3 is 0 Å². The molecule has 0 spiro atoms. The highest BCUT2D eigenvalue weighted by atomic mass is 19.1. The van der Waals surface area contributed by atoms with Crippen LogP contribution < -0.4 is 0 Å². The Morgan fingerprint density at radius 1 is 1.05 bits per heavy atom. The number of aryl methyl sites for hydroxylation is 2. The lowest BCUT2D eigenvalue weighted by Crippen LogP contribution is -2.14. The highest BCUT2D eigenvalue weighted by Crippen LogP contribution is 2.34. The second-order valence-electron chi connectivity index (χ2n) is 6.31. The maximum Gasteiger partial charge on any atom is 0.126 e. The molecule has 0 heterocycles. The van der Waals surface area contributed by atoms with Crippen LogP contribution in [0, 0.1) is 11.6 Å². The SMILES string of the molecule is CCCCc1ccc(C2CCc3cc(F)ccc3C2)c(F)c1. The van der Waals surface area contributed by atoms with E-state index in [0.717, 1.165) is 60.8 Å². The smallest absolute Gasteiger partial charge is 0.126 e. The second kappa shape index (κ2) is 6.60. The van der Waals surface area contributed by atoms with Gasteiger partial charge >= 0.3 is 0 Å². The van der Waals surface area contributed by atoms with Crippen molar-refractivity contribution >= 4 is 0 Å². The molecule has 0 amide bonds. The van der Waals surface area contributed by atoms with Crippen molar-refractivity contribution in [3.8, 4) is 0 Å². The van der Waals surface area contributed by atoms with Crippen molar-refractivity contribution in [3.05, 3.63) is 70.3 Å². The zero-order valence-corrected chi connectivity index (χ0v) is 13.0. The van der Waals surface area contributed by atoms with E-state index in [4.69, 9.17) is 0 Å². The van der Waals surface area contributed by atoms with Crippen molar-refractivity contribution in [1.82, 2.24) is 0 Å². The van der Waals surface area contributed by atoms with E-state index in [0.29, 0.717) is 0 Å². The summed E-state index contributed by atoms with van der Waals surface area (Å²) in [7, 11) is 0. The molecule has 1 aliphatic carbocycles. The minimum absolute atomic E-state index is 0.0795. The van der Waals surface area contributed by atoms with Gasteiger partial charge in [-0.2, -0.15) is 0 Å². The van der Waals surface area contributed by atoms with Gasteiger partial charge in [0.25, 0.3) is 0 Å². The summed E-state index contributed by atoms with van der Waals surface area (Å²) in [6, 6.07) is 10.7. The Balaban J connectivity index is 1.79. The van der Waals surface area contributed by atoms with E-state index in [1.807, 2.05) is 12.1 Å². The zero-order chi connectivity index (χ0) is 15.5. The van der Waals surface area contributed by atoms with E-state index in [1.54, 1.807) is 12.1 Å². The van der Waals surface area contributed by atoms with Crippen LogP contribution in [-0.4, -0.2) is 0 Å². The van der Waals surface area contributed by atoms with Crippen LogP contribution in [0.2, 0.25) is 0 Å². The monoisotopic (exact) mass is 300 g/mol. The molecule has 0 saturated carbocycles. The Morgan fingerprint density at radius 2 is 1.91 bits per heavy atom. The third-order valence-electron chi connectivity index (χ3n) is 4.72. The number of benzene rings is 2. The van der Waals surface area contributed by atoms with Crippen LogP contribution in [-0.2, 0) is 19.3 Å². The number of hydrogen-bond donors (Lipinski definition) is 0. The van der Waals surface area contributed by atoms with Crippen LogP contribution >= 0.6 is 0 Å². The van der Waals surface area contributed by atoms with Gasteiger partial charge in [0.2, 0.25) is 0 Å². The van der Waals surface area contributed by atoms with Gasteiger partial charge in [-0.25, -0.2) is 8.78 Å². The topological polar surface area (TPSA) is 0 Å². The van der Waals surface area contributed by atoms with Gasteiger partial charge in [-0.3, -0.25) is 0 Å². The molecule has 0 radical (unpaired) electrons. The van der Waals surface area contributed by atoms with E-state index in [-0.39, 0.29) is 17.6 Å². The first kappa shape index (κ1) is 15.2. The molecule has 0 fully saturated rings. The van der Waals surface area contributed by atoms with Crippen LogP contribution in [0.15, 0.2) is 36.4 Å². The molecule has 1 atom stereocenters. The maximum atomic E-state index is 14.4. The highest BCUT2D eigenvalue weighted by molar-refractivity contribution is 5.35. The van der Waals surface area contributed by atoms with Crippen LogP contribution in [0.5, 0.6) is 0 Å². The lowest BCUT2D eigenvalue weighted by atomic mass is 9.80. The summed E-state index contributed by atoms with van der Waals surface area (Å²) in [6.07, 6.45) is 5.69. The van der Waals surface area contributed by atoms with Gasteiger partial charge in [0, 0.05) is 0 Å². The van der Waals surface area contributed by atoms with Crippen LogP contribution in [0.3, 0.4) is 0 Å². The molecule has 0 saturated heterocycles. The third kappa shape index (κ3) is 3.21. The summed E-state index contributed by atoms with van der Waals surface area (Å²) in [5.74, 6) is -0.0500. The Bertz CT molecular complexity index is 661. The molecule has 0 bridgehead atoms. The molecule has 1 aliphatic rings. The Hall–Kier alpha value is -1.70. The number of rotatable bonds is 4. The molecule has 22 heavy (non-hydrogen) atoms. The first-order chi connectivity index (χ1) is 10.7. The standard InChI is InChI=1S/C20H22F2/c1-2-3-4-14-5-10-19(20(22)11-14)17-7-6-16-13-18(21)9-8-15(16)12-17/h5,8-11,13,17H,2-4,6-7,12H2,1H3. The molecule has 3 rings (SSSR count). The highest BCUT2D eigenvalue weighted by Gasteiger charge is 2.22. The van der Waals surface area contributed by atoms with Gasteiger partial charge in [0.1, 0.15) is 11.6 Å². The Kier molecular flexibility index (Phi) is 4.56. The van der Waals surface area contributed by atoms with Crippen molar-refractivity contribution in [1.29, 1.82) is 0 Å². The van der Waals surface area contributed by atoms with Gasteiger partial charge in [0.15, 0.2) is 0 Å². The molecule has 2 aromatic carbocycles. The zero-order valence-electron chi connectivity index (χ0n) is 13.0. The Labute approximate surface area is 131 Å². The summed E-state index contributed by atoms with van der Waals surface area (Å²) in [4.78, 5) is 0. The lowest BCUT2D eigenvalue weighted by molar-refractivity contribution is 0.529. The van der Waals surface area contributed by atoms with Crippen LogP contribution in [0.25, 0.3) is 0 Å². The van der Waals surface area contributed by atoms with E-state index in [1.165, 1.54) is 6.07 Å². The van der Waals surface area contributed by atoms with Crippen molar-refractivity contribution in [2.45, 2.75) is 51.4 Å². The summed E-state index contributed by atoms with van der Waals surface area (Å²) in [5, 5.41) is 0. The van der Waals surface area contributed by atoms with E-state index >= 15 is 0 Å². The van der Waals surface area contributed by atoms with E-state index in [2.05, 4.69) is 13.0 Å². The normalized spacial score (nSPS) is 17.3. The minimum atomic E-state index is -0.177. The molecular formula is C20H22F2. The predicted molar refractivity (Wildman–Crippen MR) is 86.2 cm³/mol. The second-order valence-corrected chi connectivity index (χ2v) is 6.31. The predicted octanol–water partition coefficient (Wildman–Crippen LogP) is 5.58. The van der Waals surface area contributed by atoms with Crippen LogP contribution in [0.1, 0.15) is 54.4 Å². The number of fused-ring (bicyclic) bond motifs is 1. The average molecular weight is 300 g/mol. The third-order valence-corrected chi connectivity index (χ3v) is 4.72. The van der Waals surface area contributed by atoms with Crippen molar-refractivity contribution in [2.75, 3.05) is 0 Å². The molecule has 0 aliphatic heterocycles. The average Bonchev–Trinajstić information content (AvgIpc) is 2.52.